The van der Waals surface area contributed by atoms with E-state index in [0.29, 0.717) is 39.4 Å². The molecule has 3 N–H and O–H groups in total. The van der Waals surface area contributed by atoms with Gasteiger partial charge in [0, 0.05) is 29.3 Å². The third-order valence-electron chi connectivity index (χ3n) is 8.23. The lowest BCUT2D eigenvalue weighted by Crippen LogP contribution is -2.21. The molecule has 0 saturated carbocycles. The Hall–Kier alpha value is -5.58. The maximum absolute atomic E-state index is 14.6. The van der Waals surface area contributed by atoms with E-state index in [2.05, 4.69) is 10.1 Å². The number of benzene rings is 4. The lowest BCUT2D eigenvalue weighted by molar-refractivity contribution is -0.143. The normalized spacial score (nSPS) is 12.5. The van der Waals surface area contributed by atoms with Crippen molar-refractivity contribution in [3.63, 3.8) is 0 Å². The van der Waals surface area contributed by atoms with Crippen LogP contribution < -0.4 is 10.1 Å². The van der Waals surface area contributed by atoms with E-state index in [-0.39, 0.29) is 31.2 Å². The number of aromatic nitrogens is 1. The van der Waals surface area contributed by atoms with Crippen LogP contribution in [0.5, 0.6) is 5.75 Å². The van der Waals surface area contributed by atoms with Gasteiger partial charge in [0.1, 0.15) is 29.7 Å². The molecule has 51 heavy (non-hydrogen) atoms. The van der Waals surface area contributed by atoms with Crippen LogP contribution in [-0.4, -0.2) is 46.0 Å². The number of hydrogen-bond acceptors (Lipinski definition) is 6. The monoisotopic (exact) mass is 694 g/mol. The Morgan fingerprint density at radius 2 is 1.41 bits per heavy atom. The van der Waals surface area contributed by atoms with Crippen molar-refractivity contribution >= 4 is 23.6 Å². The standard InChI is InChI=1S/C41H40F2N2O6/c1-26(2)45-35(22-21-32(46)23-33(47)24-37(48)50-3)38(28-13-17-30(42)18-14-28)39(29-15-19-31(43)20-16-29)40(45)41(49)44-34-11-7-8-12-36(34)51-25-27-9-5-4-6-10-27/h4-22,26,32-33,46-47H,23-25H2,1-3H3,(H,44,49)/t32-,33-/m1/s1. The zero-order valence-corrected chi connectivity index (χ0v) is 28.6. The number of hydrogen-bond donors (Lipinski definition) is 3. The molecule has 2 atom stereocenters. The highest BCUT2D eigenvalue weighted by molar-refractivity contribution is 6.12. The predicted molar refractivity (Wildman–Crippen MR) is 193 cm³/mol. The Kier molecular flexibility index (Phi) is 12.2. The van der Waals surface area contributed by atoms with Crippen LogP contribution in [0.25, 0.3) is 28.3 Å². The van der Waals surface area contributed by atoms with Crippen molar-refractivity contribution in [2.75, 3.05) is 12.4 Å². The Labute approximate surface area is 295 Å². The predicted octanol–water partition coefficient (Wildman–Crippen LogP) is 8.20. The maximum Gasteiger partial charge on any atom is 0.308 e. The van der Waals surface area contributed by atoms with E-state index >= 15 is 0 Å². The SMILES string of the molecule is COC(=O)C[C@H](O)C[C@H](O)C=Cc1c(-c2ccc(F)cc2)c(-c2ccc(F)cc2)c(C(=O)Nc2ccccc2OCc2ccccc2)n1C(C)C. The first kappa shape index (κ1) is 36.7. The summed E-state index contributed by atoms with van der Waals surface area (Å²) in [5.41, 5.74) is 4.18. The minimum atomic E-state index is -1.18. The summed E-state index contributed by atoms with van der Waals surface area (Å²) in [5.74, 6) is -1.57. The summed E-state index contributed by atoms with van der Waals surface area (Å²) in [5, 5.41) is 24.3. The fourth-order valence-corrected chi connectivity index (χ4v) is 5.87. The zero-order chi connectivity index (χ0) is 36.5. The first-order chi connectivity index (χ1) is 24.5. The summed E-state index contributed by atoms with van der Waals surface area (Å²) in [6.07, 6.45) is 0.310. The molecule has 0 aliphatic rings. The highest BCUT2D eigenvalue weighted by Gasteiger charge is 2.30. The van der Waals surface area contributed by atoms with Gasteiger partial charge in [0.25, 0.3) is 5.91 Å². The molecule has 264 valence electrons. The van der Waals surface area contributed by atoms with Crippen molar-refractivity contribution in [1.29, 1.82) is 0 Å². The lowest BCUT2D eigenvalue weighted by atomic mass is 9.94. The molecule has 1 heterocycles. The number of aliphatic hydroxyl groups is 2. The van der Waals surface area contributed by atoms with Crippen LogP contribution in [0.1, 0.15) is 54.5 Å². The quantitative estimate of drug-likeness (QED) is 0.101. The molecule has 0 aliphatic heterocycles. The molecule has 1 aromatic heterocycles. The van der Waals surface area contributed by atoms with Gasteiger partial charge in [-0.15, -0.1) is 0 Å². The first-order valence-corrected chi connectivity index (χ1v) is 16.5. The second kappa shape index (κ2) is 16.9. The number of rotatable bonds is 14. The van der Waals surface area contributed by atoms with Crippen molar-refractivity contribution in [3.8, 4) is 28.0 Å². The summed E-state index contributed by atoms with van der Waals surface area (Å²) in [4.78, 5) is 26.3. The molecule has 4 aromatic carbocycles. The molecule has 0 saturated heterocycles. The van der Waals surface area contributed by atoms with Crippen LogP contribution in [-0.2, 0) is 16.1 Å². The van der Waals surface area contributed by atoms with Gasteiger partial charge >= 0.3 is 5.97 Å². The summed E-state index contributed by atoms with van der Waals surface area (Å²) in [7, 11) is 1.21. The highest BCUT2D eigenvalue weighted by atomic mass is 19.1. The molecule has 0 unspecified atom stereocenters. The number of amides is 1. The molecular formula is C41H40F2N2O6. The van der Waals surface area contributed by atoms with Crippen LogP contribution in [0, 0.1) is 11.6 Å². The minimum Gasteiger partial charge on any atom is -0.487 e. The number of nitrogens with one attached hydrogen (secondary N) is 1. The Morgan fingerprint density at radius 1 is 0.824 bits per heavy atom. The van der Waals surface area contributed by atoms with Gasteiger partial charge in [0.05, 0.1) is 31.4 Å². The van der Waals surface area contributed by atoms with Crippen molar-refractivity contribution in [1.82, 2.24) is 4.57 Å². The molecule has 0 bridgehead atoms. The number of nitrogens with zero attached hydrogens (tertiary/aromatic N) is 1. The number of halogens is 2. The summed E-state index contributed by atoms with van der Waals surface area (Å²) in [6, 6.07) is 27.9. The number of anilines is 1. The number of carbonyl (C=O) groups excluding carboxylic acids is 2. The lowest BCUT2D eigenvalue weighted by Gasteiger charge is -2.18. The molecule has 0 fully saturated rings. The van der Waals surface area contributed by atoms with Crippen LogP contribution in [0.2, 0.25) is 0 Å². The van der Waals surface area contributed by atoms with Crippen LogP contribution in [0.4, 0.5) is 14.5 Å². The van der Waals surface area contributed by atoms with E-state index in [1.54, 1.807) is 59.2 Å². The average molecular weight is 695 g/mol. The maximum atomic E-state index is 14.6. The van der Waals surface area contributed by atoms with Crippen molar-refractivity contribution in [2.24, 2.45) is 0 Å². The molecule has 0 radical (unpaired) electrons. The van der Waals surface area contributed by atoms with Crippen LogP contribution in [0.3, 0.4) is 0 Å². The molecule has 8 nitrogen and oxygen atoms in total. The molecular weight excluding hydrogens is 654 g/mol. The summed E-state index contributed by atoms with van der Waals surface area (Å²) in [6.45, 7) is 4.06. The third kappa shape index (κ3) is 9.16. The number of ether oxygens (including phenoxy) is 2. The number of esters is 1. The molecule has 0 spiro atoms. The van der Waals surface area contributed by atoms with Crippen molar-refractivity contribution in [2.45, 2.75) is 51.5 Å². The van der Waals surface area contributed by atoms with Crippen molar-refractivity contribution < 1.29 is 38.1 Å². The third-order valence-corrected chi connectivity index (χ3v) is 8.23. The van der Waals surface area contributed by atoms with E-state index in [1.165, 1.54) is 37.5 Å². The van der Waals surface area contributed by atoms with E-state index in [1.807, 2.05) is 44.2 Å². The largest absolute Gasteiger partial charge is 0.487 e. The summed E-state index contributed by atoms with van der Waals surface area (Å²) >= 11 is 0. The fraction of sp³-hybridized carbons (Fsp3) is 0.220. The fourth-order valence-electron chi connectivity index (χ4n) is 5.87. The average Bonchev–Trinajstić information content (AvgIpc) is 3.47. The molecule has 10 heteroatoms. The first-order valence-electron chi connectivity index (χ1n) is 16.5. The minimum absolute atomic E-state index is 0.155. The Morgan fingerprint density at radius 3 is 2.02 bits per heavy atom. The van der Waals surface area contributed by atoms with Gasteiger partial charge in [-0.2, -0.15) is 0 Å². The number of carbonyl (C=O) groups is 2. The topological polar surface area (TPSA) is 110 Å². The van der Waals surface area contributed by atoms with E-state index in [9.17, 15) is 28.6 Å². The van der Waals surface area contributed by atoms with Gasteiger partial charge in [0.2, 0.25) is 0 Å². The zero-order valence-electron chi connectivity index (χ0n) is 28.6. The van der Waals surface area contributed by atoms with E-state index in [4.69, 9.17) is 4.74 Å². The molecule has 5 aromatic rings. The van der Waals surface area contributed by atoms with Gasteiger partial charge in [-0.1, -0.05) is 72.8 Å². The van der Waals surface area contributed by atoms with Gasteiger partial charge in [-0.05, 0) is 73.0 Å². The van der Waals surface area contributed by atoms with Gasteiger partial charge in [0.15, 0.2) is 0 Å². The smallest absolute Gasteiger partial charge is 0.308 e. The van der Waals surface area contributed by atoms with Crippen LogP contribution >= 0.6 is 0 Å². The Balaban J connectivity index is 1.65. The van der Waals surface area contributed by atoms with Gasteiger partial charge in [-0.3, -0.25) is 9.59 Å². The second-order valence-corrected chi connectivity index (χ2v) is 12.3. The Bertz CT molecular complexity index is 1970. The van der Waals surface area contributed by atoms with E-state index < -0.39 is 35.7 Å². The van der Waals surface area contributed by atoms with Gasteiger partial charge in [-0.25, -0.2) is 8.78 Å². The number of methoxy groups -OCH3 is 1. The number of para-hydroxylation sites is 2. The van der Waals surface area contributed by atoms with E-state index in [0.717, 1.165) is 5.56 Å². The number of aliphatic hydroxyl groups excluding tert-OH is 2. The highest BCUT2D eigenvalue weighted by Crippen LogP contribution is 2.43. The second-order valence-electron chi connectivity index (χ2n) is 12.3. The molecule has 0 aliphatic carbocycles. The molecule has 5 rings (SSSR count). The molecule has 1 amide bonds. The van der Waals surface area contributed by atoms with Crippen molar-refractivity contribution in [3.05, 3.63) is 138 Å². The van der Waals surface area contributed by atoms with Crippen LogP contribution in [0.15, 0.2) is 109 Å². The summed E-state index contributed by atoms with van der Waals surface area (Å²) < 4.78 is 41.0. The van der Waals surface area contributed by atoms with Gasteiger partial charge < -0.3 is 29.6 Å².